The molecule has 0 saturated heterocycles. The lowest BCUT2D eigenvalue weighted by molar-refractivity contribution is 1.08. The van der Waals surface area contributed by atoms with Crippen LogP contribution in [-0.2, 0) is 0 Å². The molecular weight excluding hydrogens is 132 g/mol. The van der Waals surface area contributed by atoms with Gasteiger partial charge in [0.2, 0.25) is 0 Å². The van der Waals surface area contributed by atoms with Crippen molar-refractivity contribution >= 4 is 21.6 Å². The number of aromatic nitrogens is 2. The summed E-state index contributed by atoms with van der Waals surface area (Å²) in [6.07, 6.45) is 2.67. The Morgan fingerprint density at radius 1 is 1.56 bits per heavy atom. The minimum atomic E-state index is 0.980. The lowest BCUT2D eigenvalue weighted by atomic mass is 10.4. The molecule has 3 heteroatoms. The molecule has 1 radical (unpaired) electrons. The molecule has 0 atom stereocenters. The highest BCUT2D eigenvalue weighted by Crippen LogP contribution is 2.14. The average molecular weight is 135 g/mol. The largest absolute Gasteiger partial charge is 0.147 e. The fourth-order valence-corrected chi connectivity index (χ4v) is 1.37. The first-order valence-electron chi connectivity index (χ1n) is 2.54. The van der Waals surface area contributed by atoms with Crippen LogP contribution in [0.2, 0.25) is 0 Å². The zero-order chi connectivity index (χ0) is 6.10. The van der Waals surface area contributed by atoms with Crippen molar-refractivity contribution in [3.63, 3.8) is 0 Å². The number of hydrogen-bond donors (Lipinski definition) is 0. The molecule has 0 saturated carbocycles. The molecule has 2 heterocycles. The van der Waals surface area contributed by atoms with Crippen LogP contribution in [0.4, 0.5) is 0 Å². The maximum Gasteiger partial charge on any atom is 0.146 e. The Morgan fingerprint density at radius 3 is 3.44 bits per heavy atom. The van der Waals surface area contributed by atoms with Gasteiger partial charge in [-0.25, -0.2) is 0 Å². The Hall–Kier alpha value is -0.960. The van der Waals surface area contributed by atoms with Gasteiger partial charge in [0, 0.05) is 5.39 Å². The molecule has 0 unspecified atom stereocenters. The molecule has 0 bridgehead atoms. The van der Waals surface area contributed by atoms with Crippen molar-refractivity contribution in [2.75, 3.05) is 0 Å². The van der Waals surface area contributed by atoms with E-state index in [4.69, 9.17) is 0 Å². The monoisotopic (exact) mass is 135 g/mol. The smallest absolute Gasteiger partial charge is 0.146 e. The Morgan fingerprint density at radius 2 is 2.56 bits per heavy atom. The van der Waals surface area contributed by atoms with Crippen molar-refractivity contribution < 1.29 is 0 Å². The second-order valence-corrected chi connectivity index (χ2v) is 2.55. The molecule has 2 aromatic heterocycles. The van der Waals surface area contributed by atoms with Gasteiger partial charge >= 0.3 is 0 Å². The van der Waals surface area contributed by atoms with Gasteiger partial charge in [0.1, 0.15) is 11.0 Å². The summed E-state index contributed by atoms with van der Waals surface area (Å²) in [6.45, 7) is 0. The Labute approximate surface area is 56.2 Å². The highest BCUT2D eigenvalue weighted by molar-refractivity contribution is 7.16. The number of hydrogen-bond acceptors (Lipinski definition) is 3. The van der Waals surface area contributed by atoms with Crippen LogP contribution >= 0.6 is 11.3 Å². The molecule has 9 heavy (non-hydrogen) atoms. The van der Waals surface area contributed by atoms with Gasteiger partial charge in [0.15, 0.2) is 0 Å². The molecule has 0 spiro atoms. The van der Waals surface area contributed by atoms with E-state index in [-0.39, 0.29) is 0 Å². The van der Waals surface area contributed by atoms with Gasteiger partial charge in [-0.3, -0.25) is 0 Å². The van der Waals surface area contributed by atoms with Gasteiger partial charge < -0.3 is 0 Å². The summed E-state index contributed by atoms with van der Waals surface area (Å²) in [6, 6.07) is 3.84. The van der Waals surface area contributed by atoms with Crippen LogP contribution in [0.3, 0.4) is 0 Å². The van der Waals surface area contributed by atoms with Crippen molar-refractivity contribution in [3.8, 4) is 0 Å². The van der Waals surface area contributed by atoms with Crippen LogP contribution in [-0.4, -0.2) is 10.2 Å². The normalized spacial score (nSPS) is 10.2. The summed E-state index contributed by atoms with van der Waals surface area (Å²) in [5.74, 6) is 0. The molecule has 2 aromatic rings. The minimum Gasteiger partial charge on any atom is -0.147 e. The van der Waals surface area contributed by atoms with Gasteiger partial charge in [-0.1, -0.05) is 0 Å². The third-order valence-corrected chi connectivity index (χ3v) is 1.91. The minimum absolute atomic E-state index is 0.980. The number of thiophene rings is 1. The van der Waals surface area contributed by atoms with Crippen LogP contribution in [0.25, 0.3) is 10.2 Å². The molecule has 43 valence electrons. The molecule has 0 aromatic carbocycles. The molecule has 0 N–H and O–H groups in total. The van der Waals surface area contributed by atoms with E-state index < -0.39 is 0 Å². The molecule has 0 aliphatic rings. The van der Waals surface area contributed by atoms with Crippen LogP contribution in [0, 0.1) is 6.20 Å². The Bertz CT molecular complexity index is 285. The first-order chi connectivity index (χ1) is 4.47. The second kappa shape index (κ2) is 1.77. The highest BCUT2D eigenvalue weighted by Gasteiger charge is 1.91. The topological polar surface area (TPSA) is 25.8 Å². The summed E-state index contributed by atoms with van der Waals surface area (Å²) in [5, 5.41) is 10.6. The van der Waals surface area contributed by atoms with Gasteiger partial charge in [0.05, 0.1) is 0 Å². The van der Waals surface area contributed by atoms with E-state index in [9.17, 15) is 0 Å². The average Bonchev–Trinajstić information content (AvgIpc) is 2.33. The lowest BCUT2D eigenvalue weighted by Crippen LogP contribution is -1.74. The Kier molecular flexibility index (Phi) is 0.960. The van der Waals surface area contributed by atoms with Crippen molar-refractivity contribution in [1.82, 2.24) is 10.2 Å². The number of fused-ring (bicyclic) bond motifs is 1. The van der Waals surface area contributed by atoms with Crippen molar-refractivity contribution in [2.45, 2.75) is 0 Å². The quantitative estimate of drug-likeness (QED) is 0.547. The first-order valence-corrected chi connectivity index (χ1v) is 3.42. The van der Waals surface area contributed by atoms with Crippen molar-refractivity contribution in [2.24, 2.45) is 0 Å². The zero-order valence-electron chi connectivity index (χ0n) is 4.53. The predicted octanol–water partition coefficient (Wildman–Crippen LogP) is 1.49. The van der Waals surface area contributed by atoms with Gasteiger partial charge in [0.25, 0.3) is 0 Å². The van der Waals surface area contributed by atoms with Crippen LogP contribution < -0.4 is 0 Å². The van der Waals surface area contributed by atoms with Crippen molar-refractivity contribution in [3.05, 3.63) is 23.7 Å². The number of nitrogens with zero attached hydrogens (tertiary/aromatic N) is 2. The van der Waals surface area contributed by atoms with E-state index in [0.29, 0.717) is 0 Å². The maximum atomic E-state index is 3.85. The first kappa shape index (κ1) is 4.88. The summed E-state index contributed by atoms with van der Waals surface area (Å²) in [7, 11) is 0. The summed E-state index contributed by atoms with van der Waals surface area (Å²) in [4.78, 5) is 0.980. The van der Waals surface area contributed by atoms with E-state index in [0.717, 1.165) is 10.2 Å². The van der Waals surface area contributed by atoms with E-state index in [2.05, 4.69) is 16.4 Å². The van der Waals surface area contributed by atoms with Gasteiger partial charge in [-0.15, -0.1) is 21.5 Å². The standard InChI is InChI=1S/C6H3N2S/c1-3-7-8-6-5(1)2-4-9-6/h1-2,4H. The molecule has 0 fully saturated rings. The third-order valence-electron chi connectivity index (χ3n) is 1.09. The fourth-order valence-electron chi connectivity index (χ4n) is 0.675. The lowest BCUT2D eigenvalue weighted by Gasteiger charge is -1.79. The molecule has 2 nitrogen and oxygen atoms in total. The molecule has 0 aliphatic carbocycles. The number of rotatable bonds is 0. The fraction of sp³-hybridized carbons (Fsp3) is 0. The zero-order valence-corrected chi connectivity index (χ0v) is 5.35. The molecule has 0 amide bonds. The van der Waals surface area contributed by atoms with E-state index in [1.54, 1.807) is 11.3 Å². The Balaban J connectivity index is 2.95. The molecule has 2 rings (SSSR count). The van der Waals surface area contributed by atoms with E-state index >= 15 is 0 Å². The summed E-state index contributed by atoms with van der Waals surface area (Å²) < 4.78 is 0. The van der Waals surface area contributed by atoms with Gasteiger partial charge in [-0.05, 0) is 17.5 Å². The third kappa shape index (κ3) is 0.695. The van der Waals surface area contributed by atoms with E-state index in [1.807, 2.05) is 17.5 Å². The predicted molar refractivity (Wildman–Crippen MR) is 36.3 cm³/mol. The van der Waals surface area contributed by atoms with Crippen LogP contribution in [0.1, 0.15) is 0 Å². The summed E-state index contributed by atoms with van der Waals surface area (Å²) >= 11 is 1.59. The molecular formula is C6H3N2S. The van der Waals surface area contributed by atoms with Crippen LogP contribution in [0.5, 0.6) is 0 Å². The van der Waals surface area contributed by atoms with E-state index in [1.165, 1.54) is 0 Å². The molecule has 0 aliphatic heterocycles. The second-order valence-electron chi connectivity index (χ2n) is 1.65. The maximum absolute atomic E-state index is 3.85. The van der Waals surface area contributed by atoms with Gasteiger partial charge in [-0.2, -0.15) is 0 Å². The highest BCUT2D eigenvalue weighted by atomic mass is 32.1. The SMILES string of the molecule is [c]1cc2ccsc2nn1. The van der Waals surface area contributed by atoms with Crippen molar-refractivity contribution in [1.29, 1.82) is 0 Å². The van der Waals surface area contributed by atoms with Crippen LogP contribution in [0.15, 0.2) is 17.5 Å². The summed E-state index contributed by atoms with van der Waals surface area (Å²) in [5.41, 5.74) is 0.